The van der Waals surface area contributed by atoms with Crippen LogP contribution in [0.4, 0.5) is 39.9 Å². The van der Waals surface area contributed by atoms with Crippen molar-refractivity contribution in [1.82, 2.24) is 4.98 Å². The number of nitrogens with zero attached hydrogens (tertiary/aromatic N) is 4. The van der Waals surface area contributed by atoms with Crippen LogP contribution in [0.2, 0.25) is 0 Å². The highest BCUT2D eigenvalue weighted by molar-refractivity contribution is 7.23. The van der Waals surface area contributed by atoms with E-state index in [0.717, 1.165) is 67.8 Å². The zero-order valence-corrected chi connectivity index (χ0v) is 46.8. The predicted octanol–water partition coefficient (Wildman–Crippen LogP) is 16.9. The first kappa shape index (κ1) is 43.7. The molecule has 1 spiro atoms. The standard InChI is InChI=1S/C74H62N4OSi/c1-73(2,3)54-41-42-75-71(46-54)78-65-35-17-20-38-69(65)80(67-36-18-13-29-61(67)62-30-14-19-37-68(62)80)70-40-39-58(48-66(70)78)79-57-28-21-27-56(47-57)76-49-77(64-34-16-15-33-63(64)76)72-59(51-25-11-8-12-26-51)31-22-32-60(72)53-43-52(50-23-9-7-10-24-50)44-55(45-53)74(4,5)6/h7-48H,49H2,1-6H3/i8D,11D,12D,25D,26D. The molecular weight excluding hydrogens is 989 g/mol. The quantitative estimate of drug-likeness (QED) is 0.142. The average molecular weight is 1060 g/mol. The normalized spacial score (nSPS) is 14.7. The van der Waals surface area contributed by atoms with Crippen molar-refractivity contribution in [3.8, 4) is 56.0 Å². The van der Waals surface area contributed by atoms with Crippen molar-refractivity contribution < 1.29 is 11.6 Å². The molecule has 0 unspecified atom stereocenters. The SMILES string of the molecule is [2H]c1c([2H])c([2H])c(-c2cccc(-c3cc(-c4ccccc4)cc(C(C)(C)C)c3)c2N2CN(c3cccc(Oc4ccc5c(c4)N(c4cc(C(C)(C)C)ccn4)c4ccccc4[Si]54c5ccccc5-c5ccccc54)c3)c3ccccc32)c([2H])c1[2H]. The van der Waals surface area contributed by atoms with Gasteiger partial charge >= 0.3 is 0 Å². The van der Waals surface area contributed by atoms with Gasteiger partial charge in [-0.15, -0.1) is 0 Å². The molecule has 0 N–H and O–H groups in total. The Hall–Kier alpha value is -9.23. The fourth-order valence-corrected chi connectivity index (χ4v) is 18.1. The first-order valence-corrected chi connectivity index (χ1v) is 29.5. The van der Waals surface area contributed by atoms with Crippen LogP contribution in [0.3, 0.4) is 0 Å². The Kier molecular flexibility index (Phi) is 10.4. The van der Waals surface area contributed by atoms with Crippen LogP contribution in [0.5, 0.6) is 11.5 Å². The highest BCUT2D eigenvalue weighted by Crippen LogP contribution is 2.51. The lowest BCUT2D eigenvalue weighted by atomic mass is 9.82. The van der Waals surface area contributed by atoms with Crippen LogP contribution in [0, 0.1) is 0 Å². The number of anilines is 7. The molecule has 11 aromatic rings. The van der Waals surface area contributed by atoms with E-state index in [1.54, 1.807) is 0 Å². The summed E-state index contributed by atoms with van der Waals surface area (Å²) in [5.74, 6) is 2.18. The summed E-state index contributed by atoms with van der Waals surface area (Å²) < 4.78 is 52.2. The van der Waals surface area contributed by atoms with Gasteiger partial charge in [0.05, 0.1) is 29.6 Å². The Bertz CT molecular complexity index is 4440. The molecule has 10 aromatic carbocycles. The first-order valence-electron chi connectivity index (χ1n) is 30.0. The van der Waals surface area contributed by atoms with Crippen molar-refractivity contribution in [3.63, 3.8) is 0 Å². The van der Waals surface area contributed by atoms with Crippen molar-refractivity contribution in [2.24, 2.45) is 0 Å². The second kappa shape index (κ2) is 19.0. The van der Waals surface area contributed by atoms with Crippen molar-refractivity contribution in [2.45, 2.75) is 52.4 Å². The smallest absolute Gasteiger partial charge is 0.185 e. The van der Waals surface area contributed by atoms with Crippen LogP contribution in [-0.4, -0.2) is 19.7 Å². The summed E-state index contributed by atoms with van der Waals surface area (Å²) in [6.45, 7) is 13.7. The third-order valence-corrected chi connectivity index (χ3v) is 21.3. The molecule has 0 atom stereocenters. The topological polar surface area (TPSA) is 31.8 Å². The molecule has 388 valence electrons. The second-order valence-corrected chi connectivity index (χ2v) is 26.9. The monoisotopic (exact) mass is 1060 g/mol. The maximum atomic E-state index is 9.36. The van der Waals surface area contributed by atoms with Crippen molar-refractivity contribution in [2.75, 3.05) is 21.4 Å². The molecule has 0 amide bonds. The molecule has 1 aromatic heterocycles. The van der Waals surface area contributed by atoms with Gasteiger partial charge in [0.2, 0.25) is 0 Å². The number of hydrogen-bond acceptors (Lipinski definition) is 5. The second-order valence-electron chi connectivity index (χ2n) is 23.2. The Morgan fingerprint density at radius 2 is 1.00 bits per heavy atom. The lowest BCUT2D eigenvalue weighted by molar-refractivity contribution is 0.483. The average Bonchev–Trinajstić information content (AvgIpc) is 1.63. The van der Waals surface area contributed by atoms with Crippen LogP contribution in [0.15, 0.2) is 255 Å². The minimum Gasteiger partial charge on any atom is -0.457 e. The van der Waals surface area contributed by atoms with Gasteiger partial charge in [-0.3, -0.25) is 4.90 Å². The summed E-state index contributed by atoms with van der Waals surface area (Å²) in [4.78, 5) is 12.0. The van der Waals surface area contributed by atoms with Crippen LogP contribution >= 0.6 is 0 Å². The summed E-state index contributed by atoms with van der Waals surface area (Å²) in [5, 5.41) is 5.34. The minimum atomic E-state index is -2.92. The number of para-hydroxylation sites is 4. The van der Waals surface area contributed by atoms with E-state index in [0.29, 0.717) is 23.7 Å². The summed E-state index contributed by atoms with van der Waals surface area (Å²) in [6, 6.07) is 75.7. The van der Waals surface area contributed by atoms with Gasteiger partial charge in [0.1, 0.15) is 24.0 Å². The highest BCUT2D eigenvalue weighted by atomic mass is 28.3. The molecule has 0 saturated heterocycles. The van der Waals surface area contributed by atoms with Crippen LogP contribution in [-0.2, 0) is 10.8 Å². The number of hydrogen-bond donors (Lipinski definition) is 0. The molecule has 6 heteroatoms. The number of aromatic nitrogens is 1. The Labute approximate surface area is 478 Å². The third-order valence-electron chi connectivity index (χ3n) is 16.4. The zero-order chi connectivity index (χ0) is 58.7. The van der Waals surface area contributed by atoms with Gasteiger partial charge in [0.15, 0.2) is 8.07 Å². The number of rotatable bonds is 8. The Balaban J connectivity index is 0.905. The molecule has 0 bridgehead atoms. The molecule has 3 aliphatic heterocycles. The lowest BCUT2D eigenvalue weighted by Gasteiger charge is -2.43. The van der Waals surface area contributed by atoms with E-state index in [1.165, 1.54) is 37.4 Å². The van der Waals surface area contributed by atoms with Crippen molar-refractivity contribution in [1.29, 1.82) is 0 Å². The lowest BCUT2D eigenvalue weighted by Crippen LogP contribution is -2.75. The van der Waals surface area contributed by atoms with Gasteiger partial charge in [0.25, 0.3) is 0 Å². The molecule has 3 aliphatic rings. The van der Waals surface area contributed by atoms with E-state index < -0.39 is 14.1 Å². The van der Waals surface area contributed by atoms with Gasteiger partial charge in [-0.2, -0.15) is 0 Å². The van der Waals surface area contributed by atoms with E-state index in [4.69, 9.17) is 13.8 Å². The molecule has 0 fully saturated rings. The third kappa shape index (κ3) is 8.07. The summed E-state index contributed by atoms with van der Waals surface area (Å²) in [6.07, 6.45) is 1.94. The van der Waals surface area contributed by atoms with Crippen molar-refractivity contribution >= 4 is 68.8 Å². The molecule has 0 aliphatic carbocycles. The number of fused-ring (bicyclic) bond motifs is 10. The molecule has 0 radical (unpaired) electrons. The summed E-state index contributed by atoms with van der Waals surface area (Å²) in [5.41, 5.74) is 14.8. The number of benzene rings is 10. The predicted molar refractivity (Wildman–Crippen MR) is 337 cm³/mol. The van der Waals surface area contributed by atoms with Crippen LogP contribution < -0.4 is 40.2 Å². The van der Waals surface area contributed by atoms with Gasteiger partial charge in [0, 0.05) is 40.8 Å². The van der Waals surface area contributed by atoms with E-state index in [1.807, 2.05) is 48.7 Å². The minimum absolute atomic E-state index is 0.112. The number of pyridine rings is 1. The van der Waals surface area contributed by atoms with E-state index in [9.17, 15) is 2.74 Å². The molecule has 4 heterocycles. The van der Waals surface area contributed by atoms with Gasteiger partial charge < -0.3 is 14.5 Å². The molecule has 80 heavy (non-hydrogen) atoms. The van der Waals surface area contributed by atoms with Gasteiger partial charge in [-0.1, -0.05) is 223 Å². The maximum Gasteiger partial charge on any atom is 0.185 e. The Morgan fingerprint density at radius 3 is 1.71 bits per heavy atom. The molecular formula is C74H62N4OSi. The van der Waals surface area contributed by atoms with E-state index in [2.05, 4.69) is 232 Å². The van der Waals surface area contributed by atoms with Crippen LogP contribution in [0.25, 0.3) is 44.5 Å². The zero-order valence-electron chi connectivity index (χ0n) is 50.8. The fraction of sp³-hybridized carbons (Fsp3) is 0.122. The van der Waals surface area contributed by atoms with E-state index in [-0.39, 0.29) is 40.6 Å². The molecule has 14 rings (SSSR count). The largest absolute Gasteiger partial charge is 0.457 e. The van der Waals surface area contributed by atoms with Gasteiger partial charge in [-0.05, 0) is 131 Å². The number of ether oxygens (including phenoxy) is 1. The molecule has 0 saturated carbocycles. The summed E-state index contributed by atoms with van der Waals surface area (Å²) in [7, 11) is -2.92. The maximum absolute atomic E-state index is 9.36. The Morgan fingerprint density at radius 1 is 0.425 bits per heavy atom. The van der Waals surface area contributed by atoms with Crippen molar-refractivity contribution in [3.05, 3.63) is 266 Å². The van der Waals surface area contributed by atoms with Crippen LogP contribution in [0.1, 0.15) is 59.5 Å². The first-order chi connectivity index (χ1) is 41.0. The molecule has 5 nitrogen and oxygen atoms in total. The van der Waals surface area contributed by atoms with E-state index >= 15 is 0 Å². The highest BCUT2D eigenvalue weighted by Gasteiger charge is 2.54. The van der Waals surface area contributed by atoms with Gasteiger partial charge in [-0.25, -0.2) is 4.98 Å². The summed E-state index contributed by atoms with van der Waals surface area (Å²) >= 11 is 0. The fourth-order valence-electron chi connectivity index (χ4n) is 12.6.